The van der Waals surface area contributed by atoms with Gasteiger partial charge in [0.1, 0.15) is 5.82 Å². The maximum absolute atomic E-state index is 13.1. The number of halogens is 1. The lowest BCUT2D eigenvalue weighted by atomic mass is 9.99. The molecule has 4 N–H and O–H groups in total. The molecule has 0 saturated heterocycles. The first-order valence-corrected chi connectivity index (χ1v) is 10.6. The van der Waals surface area contributed by atoms with Crippen molar-refractivity contribution in [2.75, 3.05) is 26.2 Å². The minimum atomic E-state index is -0.437. The number of amides is 1. The largest absolute Gasteiger partial charge is 0.369 e. The van der Waals surface area contributed by atoms with Crippen molar-refractivity contribution >= 4 is 11.9 Å². The Balaban J connectivity index is 2.61. The molecule has 0 aliphatic carbocycles. The first kappa shape index (κ1) is 24.9. The number of nitrogens with one attached hydrogen (secondary N) is 2. The van der Waals surface area contributed by atoms with Gasteiger partial charge >= 0.3 is 0 Å². The van der Waals surface area contributed by atoms with Crippen LogP contribution in [0.2, 0.25) is 0 Å². The fourth-order valence-corrected chi connectivity index (χ4v) is 3.28. The molecule has 0 aliphatic rings. The van der Waals surface area contributed by atoms with Gasteiger partial charge in [-0.05, 0) is 65.2 Å². The van der Waals surface area contributed by atoms with Crippen molar-refractivity contribution in [2.45, 2.75) is 59.5 Å². The van der Waals surface area contributed by atoms with Crippen LogP contribution < -0.4 is 16.4 Å². The van der Waals surface area contributed by atoms with Gasteiger partial charge in [-0.1, -0.05) is 12.1 Å². The summed E-state index contributed by atoms with van der Waals surface area (Å²) >= 11 is 0. The standard InChI is InChI=1S/C22H38FN5O/c1-6-25-22(26-12-7-13-28(16(2)3)17(4)5)27-15-19(21(24)29)14-18-8-10-20(23)11-9-18/h8-11,16-17,19H,6-7,12-15H2,1-5H3,(H2,24,29)(H2,25,26,27). The quantitative estimate of drug-likeness (QED) is 0.282. The second kappa shape index (κ2) is 13.1. The average Bonchev–Trinajstić information content (AvgIpc) is 2.65. The van der Waals surface area contributed by atoms with Crippen LogP contribution in [0.5, 0.6) is 0 Å². The number of aliphatic imine (C=N–C) groups is 1. The Morgan fingerprint density at radius 2 is 1.76 bits per heavy atom. The van der Waals surface area contributed by atoms with Crippen LogP contribution in [-0.2, 0) is 11.2 Å². The molecular weight excluding hydrogens is 369 g/mol. The van der Waals surface area contributed by atoms with Crippen LogP contribution in [0.15, 0.2) is 29.3 Å². The van der Waals surface area contributed by atoms with Gasteiger partial charge in [-0.15, -0.1) is 0 Å². The summed E-state index contributed by atoms with van der Waals surface area (Å²) in [5.74, 6) is -0.459. The van der Waals surface area contributed by atoms with E-state index in [1.54, 1.807) is 12.1 Å². The molecule has 0 bridgehead atoms. The van der Waals surface area contributed by atoms with Crippen molar-refractivity contribution in [3.05, 3.63) is 35.6 Å². The molecule has 164 valence electrons. The number of nitrogens with zero attached hydrogens (tertiary/aromatic N) is 2. The molecule has 1 aromatic carbocycles. The van der Waals surface area contributed by atoms with Crippen molar-refractivity contribution < 1.29 is 9.18 Å². The van der Waals surface area contributed by atoms with Gasteiger partial charge in [-0.2, -0.15) is 0 Å². The third-order valence-electron chi connectivity index (χ3n) is 4.82. The molecular formula is C22H38FN5O. The molecule has 1 amide bonds. The highest BCUT2D eigenvalue weighted by molar-refractivity contribution is 5.81. The maximum atomic E-state index is 13.1. The molecule has 0 aromatic heterocycles. The van der Waals surface area contributed by atoms with E-state index in [1.165, 1.54) is 12.1 Å². The van der Waals surface area contributed by atoms with Crippen LogP contribution in [0.1, 0.15) is 46.6 Å². The number of benzene rings is 1. The molecule has 0 spiro atoms. The smallest absolute Gasteiger partial charge is 0.222 e. The number of carbonyl (C=O) groups excluding carboxylic acids is 1. The van der Waals surface area contributed by atoms with Crippen LogP contribution in [0.3, 0.4) is 0 Å². The van der Waals surface area contributed by atoms with E-state index in [1.807, 2.05) is 6.92 Å². The average molecular weight is 408 g/mol. The highest BCUT2D eigenvalue weighted by atomic mass is 19.1. The van der Waals surface area contributed by atoms with Crippen LogP contribution >= 0.6 is 0 Å². The lowest BCUT2D eigenvalue weighted by molar-refractivity contribution is -0.121. The van der Waals surface area contributed by atoms with Gasteiger partial charge in [0.05, 0.1) is 12.5 Å². The van der Waals surface area contributed by atoms with E-state index in [-0.39, 0.29) is 12.4 Å². The second-order valence-electron chi connectivity index (χ2n) is 7.86. The monoisotopic (exact) mass is 407 g/mol. The minimum absolute atomic E-state index is 0.284. The van der Waals surface area contributed by atoms with Gasteiger partial charge in [0.2, 0.25) is 5.91 Å². The van der Waals surface area contributed by atoms with Gasteiger partial charge in [0, 0.05) is 31.7 Å². The van der Waals surface area contributed by atoms with Crippen molar-refractivity contribution in [3.8, 4) is 0 Å². The highest BCUT2D eigenvalue weighted by Gasteiger charge is 2.16. The Morgan fingerprint density at radius 3 is 2.28 bits per heavy atom. The minimum Gasteiger partial charge on any atom is -0.369 e. The molecule has 0 saturated carbocycles. The van der Waals surface area contributed by atoms with Crippen molar-refractivity contribution in [3.63, 3.8) is 0 Å². The van der Waals surface area contributed by atoms with E-state index in [0.29, 0.717) is 24.5 Å². The number of hydrogen-bond donors (Lipinski definition) is 3. The molecule has 0 heterocycles. The van der Waals surface area contributed by atoms with Crippen molar-refractivity contribution in [2.24, 2.45) is 16.6 Å². The lowest BCUT2D eigenvalue weighted by Crippen LogP contribution is -2.41. The summed E-state index contributed by atoms with van der Waals surface area (Å²) in [6.07, 6.45) is 1.44. The van der Waals surface area contributed by atoms with Gasteiger partial charge in [0.15, 0.2) is 5.96 Å². The summed E-state index contributed by atoms with van der Waals surface area (Å²) < 4.78 is 13.1. The lowest BCUT2D eigenvalue weighted by Gasteiger charge is -2.30. The Hall–Kier alpha value is -2.15. The van der Waals surface area contributed by atoms with Crippen LogP contribution in [0, 0.1) is 11.7 Å². The predicted octanol–water partition coefficient (Wildman–Crippen LogP) is 2.53. The maximum Gasteiger partial charge on any atom is 0.222 e. The molecule has 1 rings (SSSR count). The van der Waals surface area contributed by atoms with Gasteiger partial charge < -0.3 is 16.4 Å². The summed E-state index contributed by atoms with van der Waals surface area (Å²) in [5, 5.41) is 6.54. The van der Waals surface area contributed by atoms with Crippen LogP contribution in [-0.4, -0.2) is 55.0 Å². The molecule has 0 aliphatic heterocycles. The Kier molecular flexibility index (Phi) is 11.3. The first-order valence-electron chi connectivity index (χ1n) is 10.6. The number of carbonyl (C=O) groups is 1. The van der Waals surface area contributed by atoms with E-state index in [0.717, 1.165) is 31.6 Å². The van der Waals surface area contributed by atoms with E-state index in [9.17, 15) is 9.18 Å². The zero-order chi connectivity index (χ0) is 21.8. The molecule has 1 atom stereocenters. The van der Waals surface area contributed by atoms with E-state index in [4.69, 9.17) is 5.73 Å². The summed E-state index contributed by atoms with van der Waals surface area (Å²) in [5.41, 5.74) is 6.42. The fourth-order valence-electron chi connectivity index (χ4n) is 3.28. The summed E-state index contributed by atoms with van der Waals surface area (Å²) in [7, 11) is 0. The number of hydrogen-bond acceptors (Lipinski definition) is 3. The summed E-state index contributed by atoms with van der Waals surface area (Å²) in [6, 6.07) is 7.15. The Morgan fingerprint density at radius 1 is 1.14 bits per heavy atom. The Labute approximate surface area is 175 Å². The molecule has 29 heavy (non-hydrogen) atoms. The third kappa shape index (κ3) is 9.74. The van der Waals surface area contributed by atoms with Crippen LogP contribution in [0.4, 0.5) is 4.39 Å². The van der Waals surface area contributed by atoms with Gasteiger partial charge in [-0.25, -0.2) is 4.39 Å². The normalized spacial score (nSPS) is 13.2. The zero-order valence-corrected chi connectivity index (χ0v) is 18.5. The molecule has 0 fully saturated rings. The summed E-state index contributed by atoms with van der Waals surface area (Å²) in [6.45, 7) is 13.7. The van der Waals surface area contributed by atoms with E-state index < -0.39 is 11.8 Å². The van der Waals surface area contributed by atoms with Crippen LogP contribution in [0.25, 0.3) is 0 Å². The number of guanidine groups is 1. The third-order valence-corrected chi connectivity index (χ3v) is 4.82. The topological polar surface area (TPSA) is 82.7 Å². The number of primary amides is 1. The second-order valence-corrected chi connectivity index (χ2v) is 7.86. The van der Waals surface area contributed by atoms with E-state index >= 15 is 0 Å². The fraction of sp³-hybridized carbons (Fsp3) is 0.636. The van der Waals surface area contributed by atoms with E-state index in [2.05, 4.69) is 48.2 Å². The van der Waals surface area contributed by atoms with Gasteiger partial charge in [-0.3, -0.25) is 14.7 Å². The SMILES string of the molecule is CCNC(=NCC(Cc1ccc(F)cc1)C(N)=O)NCCCN(C(C)C)C(C)C. The van der Waals surface area contributed by atoms with Gasteiger partial charge in [0.25, 0.3) is 0 Å². The molecule has 1 aromatic rings. The van der Waals surface area contributed by atoms with Crippen molar-refractivity contribution in [1.29, 1.82) is 0 Å². The zero-order valence-electron chi connectivity index (χ0n) is 18.5. The highest BCUT2D eigenvalue weighted by Crippen LogP contribution is 2.11. The Bertz CT molecular complexity index is 623. The molecule has 7 heteroatoms. The molecule has 0 radical (unpaired) electrons. The molecule has 6 nitrogen and oxygen atoms in total. The summed E-state index contributed by atoms with van der Waals surface area (Å²) in [4.78, 5) is 18.8. The predicted molar refractivity (Wildman–Crippen MR) is 118 cm³/mol. The number of rotatable bonds is 12. The number of nitrogens with two attached hydrogens (primary N) is 1. The molecule has 1 unspecified atom stereocenters. The first-order chi connectivity index (χ1) is 13.7. The van der Waals surface area contributed by atoms with Crippen molar-refractivity contribution in [1.82, 2.24) is 15.5 Å².